The van der Waals surface area contributed by atoms with E-state index >= 15 is 0 Å². The number of carbonyl (C=O) groups excluding carboxylic acids is 1. The molecule has 1 aromatic heterocycles. The van der Waals surface area contributed by atoms with E-state index in [1.165, 1.54) is 18.3 Å². The largest absolute Gasteiger partial charge is 0.335 e. The van der Waals surface area contributed by atoms with Crippen molar-refractivity contribution >= 4 is 5.91 Å². The Kier molecular flexibility index (Phi) is 2.12. The number of hydrogen-bond acceptors (Lipinski definition) is 3. The quantitative estimate of drug-likeness (QED) is 0.654. The Hall–Kier alpha value is -1.62. The van der Waals surface area contributed by atoms with Gasteiger partial charge in [-0.05, 0) is 13.0 Å². The van der Waals surface area contributed by atoms with E-state index in [1.54, 1.807) is 4.90 Å². The summed E-state index contributed by atoms with van der Waals surface area (Å²) in [6, 6.07) is 2.86. The van der Waals surface area contributed by atoms with E-state index < -0.39 is 0 Å². The van der Waals surface area contributed by atoms with E-state index in [2.05, 4.69) is 4.98 Å². The van der Waals surface area contributed by atoms with Crippen molar-refractivity contribution in [1.29, 1.82) is 0 Å². The van der Waals surface area contributed by atoms with Gasteiger partial charge in [-0.25, -0.2) is 0 Å². The van der Waals surface area contributed by atoms with Gasteiger partial charge in [0.25, 0.3) is 5.91 Å². The average Bonchev–Trinajstić information content (AvgIpc) is 2.14. The number of nitrogens with zero attached hydrogens (tertiary/aromatic N) is 1. The van der Waals surface area contributed by atoms with E-state index in [4.69, 9.17) is 5.73 Å². The molecule has 2 rings (SSSR count). The highest BCUT2D eigenvalue weighted by molar-refractivity contribution is 5.94. The molecule has 1 fully saturated rings. The van der Waals surface area contributed by atoms with Crippen LogP contribution in [-0.2, 0) is 0 Å². The number of likely N-dealkylation sites (tertiary alicyclic amines) is 1. The zero-order valence-corrected chi connectivity index (χ0v) is 8.49. The number of amides is 1. The first-order valence-corrected chi connectivity index (χ1v) is 4.75. The minimum Gasteiger partial charge on any atom is -0.335 e. The molecule has 1 saturated heterocycles. The molecule has 3 N–H and O–H groups in total. The van der Waals surface area contributed by atoms with Crippen molar-refractivity contribution in [3.63, 3.8) is 0 Å². The summed E-state index contributed by atoms with van der Waals surface area (Å²) in [5.41, 5.74) is 5.82. The van der Waals surface area contributed by atoms with E-state index in [9.17, 15) is 9.59 Å². The van der Waals surface area contributed by atoms with Crippen LogP contribution in [0.3, 0.4) is 0 Å². The van der Waals surface area contributed by atoms with Gasteiger partial charge in [0.05, 0.1) is 5.56 Å². The number of nitrogens with two attached hydrogens (primary N) is 1. The smallest absolute Gasteiger partial charge is 0.255 e. The molecule has 0 bridgehead atoms. The molecule has 5 heteroatoms. The number of carbonyl (C=O) groups is 1. The number of pyridine rings is 1. The van der Waals surface area contributed by atoms with Gasteiger partial charge in [0.1, 0.15) is 0 Å². The maximum atomic E-state index is 11.8. The minimum absolute atomic E-state index is 0.0887. The van der Waals surface area contributed by atoms with Gasteiger partial charge in [0, 0.05) is 30.9 Å². The summed E-state index contributed by atoms with van der Waals surface area (Å²) in [5.74, 6) is -0.0887. The highest BCUT2D eigenvalue weighted by Crippen LogP contribution is 2.19. The van der Waals surface area contributed by atoms with Gasteiger partial charge < -0.3 is 15.6 Å². The van der Waals surface area contributed by atoms with Gasteiger partial charge in [-0.1, -0.05) is 0 Å². The van der Waals surface area contributed by atoms with Gasteiger partial charge in [-0.3, -0.25) is 9.59 Å². The number of aromatic amines is 1. The lowest BCUT2D eigenvalue weighted by Gasteiger charge is -2.45. The molecular formula is C10H13N3O2. The summed E-state index contributed by atoms with van der Waals surface area (Å²) >= 11 is 0. The Balaban J connectivity index is 2.10. The molecule has 1 aliphatic heterocycles. The summed E-state index contributed by atoms with van der Waals surface area (Å²) in [6.45, 7) is 3.03. The lowest BCUT2D eigenvalue weighted by molar-refractivity contribution is 0.0453. The number of H-pyrrole nitrogens is 1. The molecule has 1 aliphatic rings. The Morgan fingerprint density at radius 3 is 2.67 bits per heavy atom. The van der Waals surface area contributed by atoms with Gasteiger partial charge >= 0.3 is 0 Å². The van der Waals surface area contributed by atoms with Crippen molar-refractivity contribution in [1.82, 2.24) is 9.88 Å². The lowest BCUT2D eigenvalue weighted by Crippen LogP contribution is -2.66. The SMILES string of the molecule is CC1(N)CN(C(=O)c2ccc(=O)[nH]c2)C1. The van der Waals surface area contributed by atoms with Crippen LogP contribution in [0.1, 0.15) is 17.3 Å². The zero-order chi connectivity index (χ0) is 11.1. The number of hydrogen-bond donors (Lipinski definition) is 2. The van der Waals surface area contributed by atoms with Crippen LogP contribution in [-0.4, -0.2) is 34.4 Å². The lowest BCUT2D eigenvalue weighted by atomic mass is 9.93. The molecule has 0 spiro atoms. The third-order valence-electron chi connectivity index (χ3n) is 2.42. The molecule has 80 valence electrons. The number of rotatable bonds is 1. The summed E-state index contributed by atoms with van der Waals surface area (Å²) in [4.78, 5) is 26.7. The van der Waals surface area contributed by atoms with Gasteiger partial charge in [0.2, 0.25) is 5.56 Å². The molecule has 0 radical (unpaired) electrons. The molecular weight excluding hydrogens is 194 g/mol. The predicted molar refractivity (Wildman–Crippen MR) is 55.6 cm³/mol. The molecule has 5 nitrogen and oxygen atoms in total. The van der Waals surface area contributed by atoms with Crippen LogP contribution in [0.15, 0.2) is 23.1 Å². The number of aromatic nitrogens is 1. The molecule has 1 aromatic rings. The highest BCUT2D eigenvalue weighted by Gasteiger charge is 2.38. The fourth-order valence-corrected chi connectivity index (χ4v) is 1.70. The van der Waals surface area contributed by atoms with Crippen LogP contribution in [0.4, 0.5) is 0 Å². The molecule has 1 amide bonds. The first-order valence-electron chi connectivity index (χ1n) is 4.75. The maximum absolute atomic E-state index is 11.8. The minimum atomic E-state index is -0.266. The second-order valence-electron chi connectivity index (χ2n) is 4.26. The third kappa shape index (κ3) is 1.92. The Morgan fingerprint density at radius 2 is 2.20 bits per heavy atom. The average molecular weight is 207 g/mol. The van der Waals surface area contributed by atoms with Crippen LogP contribution in [0, 0.1) is 0 Å². The van der Waals surface area contributed by atoms with Crippen molar-refractivity contribution in [2.24, 2.45) is 5.73 Å². The predicted octanol–water partition coefficient (Wildman–Crippen LogP) is -0.452. The molecule has 0 atom stereocenters. The van der Waals surface area contributed by atoms with Crippen molar-refractivity contribution in [2.45, 2.75) is 12.5 Å². The van der Waals surface area contributed by atoms with E-state index in [0.29, 0.717) is 18.7 Å². The summed E-state index contributed by atoms with van der Waals surface area (Å²) in [5, 5.41) is 0. The van der Waals surface area contributed by atoms with Crippen LogP contribution >= 0.6 is 0 Å². The van der Waals surface area contributed by atoms with Crippen molar-refractivity contribution < 1.29 is 4.79 Å². The normalized spacial score (nSPS) is 18.4. The monoisotopic (exact) mass is 207 g/mol. The van der Waals surface area contributed by atoms with Crippen LogP contribution in [0.25, 0.3) is 0 Å². The maximum Gasteiger partial charge on any atom is 0.255 e. The van der Waals surface area contributed by atoms with E-state index in [0.717, 1.165) is 0 Å². The first-order chi connectivity index (χ1) is 6.98. The summed E-state index contributed by atoms with van der Waals surface area (Å²) in [7, 11) is 0. The standard InChI is InChI=1S/C10H13N3O2/c1-10(11)5-13(6-10)9(15)7-2-3-8(14)12-4-7/h2-4H,5-6,11H2,1H3,(H,12,14). The molecule has 15 heavy (non-hydrogen) atoms. The van der Waals surface area contributed by atoms with Gasteiger partial charge in [0.15, 0.2) is 0 Å². The van der Waals surface area contributed by atoms with Crippen LogP contribution in [0.5, 0.6) is 0 Å². The van der Waals surface area contributed by atoms with Gasteiger partial charge in [-0.2, -0.15) is 0 Å². The zero-order valence-electron chi connectivity index (χ0n) is 8.49. The molecule has 0 aliphatic carbocycles. The second-order valence-corrected chi connectivity index (χ2v) is 4.26. The summed E-state index contributed by atoms with van der Waals surface area (Å²) < 4.78 is 0. The van der Waals surface area contributed by atoms with E-state index in [-0.39, 0.29) is 17.0 Å². The fraction of sp³-hybridized carbons (Fsp3) is 0.400. The third-order valence-corrected chi connectivity index (χ3v) is 2.42. The molecule has 0 unspecified atom stereocenters. The fourth-order valence-electron chi connectivity index (χ4n) is 1.70. The Bertz CT molecular complexity index is 422. The molecule has 0 aromatic carbocycles. The first kappa shape index (κ1) is 9.92. The number of nitrogens with one attached hydrogen (secondary N) is 1. The van der Waals surface area contributed by atoms with Crippen LogP contribution < -0.4 is 11.3 Å². The van der Waals surface area contributed by atoms with Crippen molar-refractivity contribution in [3.05, 3.63) is 34.2 Å². The second kappa shape index (κ2) is 3.20. The summed E-state index contributed by atoms with van der Waals surface area (Å²) in [6.07, 6.45) is 1.43. The Labute approximate surface area is 86.9 Å². The van der Waals surface area contributed by atoms with E-state index in [1.807, 2.05) is 6.92 Å². The van der Waals surface area contributed by atoms with Gasteiger partial charge in [-0.15, -0.1) is 0 Å². The molecule has 2 heterocycles. The van der Waals surface area contributed by atoms with Crippen LogP contribution in [0.2, 0.25) is 0 Å². The highest BCUT2D eigenvalue weighted by atomic mass is 16.2. The topological polar surface area (TPSA) is 79.2 Å². The molecule has 0 saturated carbocycles. The van der Waals surface area contributed by atoms with Crippen molar-refractivity contribution in [3.8, 4) is 0 Å². The Morgan fingerprint density at radius 1 is 1.53 bits per heavy atom. The van der Waals surface area contributed by atoms with Crippen molar-refractivity contribution in [2.75, 3.05) is 13.1 Å².